The standard InChI is InChI=1S/C38H67N2O6P.H2O/c1-10-29(27(2)3)13-12-28(4)33-16-17-34-32-15-14-30-26-31(18-20-37(30,5)35(32)19-21-38(33,34)6)46-36(41)39-22-11-24-44-47(42,43)45-25-23-40(7,8)9;/h12-14,27-29,31-35H,10-11,15-26H2,1-9H3,(H-,39,41,42,43);1H2/b13-12+;/t28-,29-,31+,32?,33-,34?,35?,37+,38-;/m1./s1. The van der Waals surface area contributed by atoms with Gasteiger partial charge in [-0.25, -0.2) is 9.36 Å². The molecule has 10 atom stereocenters. The van der Waals surface area contributed by atoms with Crippen LogP contribution in [-0.2, 0) is 18.3 Å². The predicted molar refractivity (Wildman–Crippen MR) is 192 cm³/mol. The number of phosphoric acid groups is 1. The van der Waals surface area contributed by atoms with E-state index < -0.39 is 13.9 Å². The van der Waals surface area contributed by atoms with Crippen LogP contribution in [0.1, 0.15) is 106 Å². The number of carbonyl (C=O) groups excluding carboxylic acids is 1. The molecular formula is C38H69N2O7P. The Bertz CT molecular complexity index is 1170. The number of hydrogen-bond donors (Lipinski definition) is 2. The van der Waals surface area contributed by atoms with Gasteiger partial charge >= 0.3 is 13.9 Å². The molecule has 3 saturated carbocycles. The normalized spacial score (nSPS) is 34.2. The average molecular weight is 697 g/mol. The fraction of sp³-hybridized carbons (Fsp3) is 0.868. The number of phosphoric ester groups is 1. The second kappa shape index (κ2) is 16.9. The van der Waals surface area contributed by atoms with Crippen LogP contribution in [0.3, 0.4) is 0 Å². The second-order valence-electron chi connectivity index (χ2n) is 17.2. The van der Waals surface area contributed by atoms with Gasteiger partial charge < -0.3 is 24.9 Å². The van der Waals surface area contributed by atoms with Gasteiger partial charge in [0.25, 0.3) is 0 Å². The van der Waals surface area contributed by atoms with E-state index in [0.717, 1.165) is 42.9 Å². The molecule has 0 heterocycles. The zero-order chi connectivity index (χ0) is 34.6. The number of quaternary nitrogens is 1. The second-order valence-corrected chi connectivity index (χ2v) is 18.7. The number of rotatable bonds is 15. The minimum atomic E-state index is -4.09. The van der Waals surface area contributed by atoms with Crippen molar-refractivity contribution in [2.45, 2.75) is 112 Å². The van der Waals surface area contributed by atoms with Gasteiger partial charge in [-0.3, -0.25) is 9.05 Å². The number of ether oxygens (including phenoxy) is 1. The van der Waals surface area contributed by atoms with E-state index >= 15 is 0 Å². The van der Waals surface area contributed by atoms with Crippen LogP contribution in [0.2, 0.25) is 0 Å². The Morgan fingerprint density at radius 3 is 2.44 bits per heavy atom. The summed E-state index contributed by atoms with van der Waals surface area (Å²) in [6.07, 6.45) is 18.1. The Labute approximate surface area is 292 Å². The number of likely N-dealkylation sites (N-methyl/N-ethyl adjacent to an activating group) is 1. The maximum Gasteiger partial charge on any atom is 0.472 e. The third-order valence-corrected chi connectivity index (χ3v) is 13.9. The number of hydrogen-bond acceptors (Lipinski definition) is 6. The molecule has 0 aromatic heterocycles. The van der Waals surface area contributed by atoms with E-state index in [0.29, 0.717) is 47.2 Å². The Hall–Kier alpha value is -1.22. The first kappa shape index (κ1) is 41.2. The number of amides is 1. The summed E-state index contributed by atoms with van der Waals surface area (Å²) in [5, 5.41) is 2.79. The molecule has 0 aromatic carbocycles. The summed E-state index contributed by atoms with van der Waals surface area (Å²) in [7, 11) is 1.85. The van der Waals surface area contributed by atoms with E-state index in [1.807, 2.05) is 21.1 Å². The highest BCUT2D eigenvalue weighted by Crippen LogP contribution is 2.67. The zero-order valence-corrected chi connectivity index (χ0v) is 32.5. The molecule has 0 saturated heterocycles. The molecule has 48 heavy (non-hydrogen) atoms. The van der Waals surface area contributed by atoms with E-state index in [2.05, 4.69) is 65.1 Å². The average Bonchev–Trinajstić information content (AvgIpc) is 3.33. The molecule has 4 aliphatic carbocycles. The van der Waals surface area contributed by atoms with Crippen molar-refractivity contribution >= 4 is 13.9 Å². The monoisotopic (exact) mass is 696 g/mol. The van der Waals surface area contributed by atoms with Crippen LogP contribution in [-0.4, -0.2) is 74.5 Å². The van der Waals surface area contributed by atoms with Gasteiger partial charge in [0.2, 0.25) is 0 Å². The van der Waals surface area contributed by atoms with Crippen molar-refractivity contribution in [2.24, 2.45) is 52.3 Å². The fourth-order valence-electron chi connectivity index (χ4n) is 10.0. The maximum absolute atomic E-state index is 12.6. The van der Waals surface area contributed by atoms with Gasteiger partial charge in [0.05, 0.1) is 27.7 Å². The molecule has 4 unspecified atom stereocenters. The van der Waals surface area contributed by atoms with Crippen LogP contribution in [0.25, 0.3) is 0 Å². The van der Waals surface area contributed by atoms with Crippen molar-refractivity contribution in [1.82, 2.24) is 5.32 Å². The lowest BCUT2D eigenvalue weighted by atomic mass is 9.47. The van der Waals surface area contributed by atoms with Crippen LogP contribution in [0.5, 0.6) is 0 Å². The summed E-state index contributed by atoms with van der Waals surface area (Å²) in [6, 6.07) is 0. The third kappa shape index (κ3) is 9.97. The van der Waals surface area contributed by atoms with Gasteiger partial charge in [0.1, 0.15) is 19.3 Å². The van der Waals surface area contributed by atoms with Gasteiger partial charge in [0, 0.05) is 13.0 Å². The molecule has 0 bridgehead atoms. The largest absolute Gasteiger partial charge is 0.870 e. The number of carbonyl (C=O) groups is 1. The van der Waals surface area contributed by atoms with E-state index in [-0.39, 0.29) is 30.2 Å². The van der Waals surface area contributed by atoms with Crippen molar-refractivity contribution in [1.29, 1.82) is 0 Å². The van der Waals surface area contributed by atoms with Gasteiger partial charge in [-0.15, -0.1) is 0 Å². The minimum absolute atomic E-state index is 0. The Kier molecular flexibility index (Phi) is 14.5. The van der Waals surface area contributed by atoms with Crippen LogP contribution >= 0.6 is 7.82 Å². The van der Waals surface area contributed by atoms with E-state index in [1.54, 1.807) is 0 Å². The smallest absolute Gasteiger partial charge is 0.472 e. The lowest BCUT2D eigenvalue weighted by molar-refractivity contribution is -0.870. The summed E-state index contributed by atoms with van der Waals surface area (Å²) < 4.78 is 28.6. The molecule has 0 aliphatic heterocycles. The number of fused-ring (bicyclic) bond motifs is 5. The maximum atomic E-state index is 12.6. The van der Waals surface area contributed by atoms with E-state index in [1.165, 1.54) is 44.1 Å². The van der Waals surface area contributed by atoms with Crippen LogP contribution in [0.15, 0.2) is 23.8 Å². The summed E-state index contributed by atoms with van der Waals surface area (Å²) >= 11 is 0. The number of nitrogens with one attached hydrogen (secondary N) is 1. The summed E-state index contributed by atoms with van der Waals surface area (Å²) in [6.45, 7) is 15.7. The predicted octanol–water partition coefficient (Wildman–Crippen LogP) is 8.59. The first-order chi connectivity index (χ1) is 22.0. The number of alkyl carbamates (subject to hydrolysis) is 1. The first-order valence-electron chi connectivity index (χ1n) is 18.7. The Morgan fingerprint density at radius 2 is 1.77 bits per heavy atom. The van der Waals surface area contributed by atoms with Crippen LogP contribution < -0.4 is 5.32 Å². The van der Waals surface area contributed by atoms with Crippen molar-refractivity contribution in [3.63, 3.8) is 0 Å². The summed E-state index contributed by atoms with van der Waals surface area (Å²) in [4.78, 5) is 22.5. The lowest BCUT2D eigenvalue weighted by Gasteiger charge is -2.58. The van der Waals surface area contributed by atoms with Crippen molar-refractivity contribution in [3.05, 3.63) is 23.8 Å². The molecule has 3 fully saturated rings. The third-order valence-electron chi connectivity index (χ3n) is 12.9. The molecule has 0 aromatic rings. The quantitative estimate of drug-likeness (QED) is 0.0761. The van der Waals surface area contributed by atoms with Crippen molar-refractivity contribution in [2.75, 3.05) is 47.4 Å². The highest BCUT2D eigenvalue weighted by atomic mass is 31.2. The molecule has 0 radical (unpaired) electrons. The van der Waals surface area contributed by atoms with Gasteiger partial charge in [-0.05, 0) is 110 Å². The highest BCUT2D eigenvalue weighted by Gasteiger charge is 2.59. The minimum Gasteiger partial charge on any atom is -0.870 e. The van der Waals surface area contributed by atoms with Gasteiger partial charge in [0.15, 0.2) is 0 Å². The molecule has 4 rings (SSSR count). The molecule has 1 amide bonds. The zero-order valence-electron chi connectivity index (χ0n) is 31.6. The molecule has 9 nitrogen and oxygen atoms in total. The van der Waals surface area contributed by atoms with Gasteiger partial charge in [-0.2, -0.15) is 0 Å². The van der Waals surface area contributed by atoms with Gasteiger partial charge in [-0.1, -0.05) is 65.3 Å². The first-order valence-corrected chi connectivity index (χ1v) is 20.2. The van der Waals surface area contributed by atoms with Crippen molar-refractivity contribution in [3.8, 4) is 0 Å². The fourth-order valence-corrected chi connectivity index (χ4v) is 10.8. The summed E-state index contributed by atoms with van der Waals surface area (Å²) in [5.41, 5.74) is 2.15. The molecule has 4 aliphatic rings. The van der Waals surface area contributed by atoms with E-state index in [4.69, 9.17) is 13.8 Å². The topological polar surface area (TPSA) is 124 Å². The van der Waals surface area contributed by atoms with E-state index in [9.17, 15) is 14.3 Å². The van der Waals surface area contributed by atoms with Crippen molar-refractivity contribution < 1.29 is 38.0 Å². The molecule has 278 valence electrons. The molecule has 10 heteroatoms. The lowest BCUT2D eigenvalue weighted by Crippen LogP contribution is -2.51. The molecular weight excluding hydrogens is 627 g/mol. The highest BCUT2D eigenvalue weighted by molar-refractivity contribution is 7.47. The Morgan fingerprint density at radius 1 is 1.06 bits per heavy atom. The Balaban J connectivity index is 0.00000625. The number of nitrogens with zero attached hydrogens (tertiary/aromatic N) is 1. The molecule has 3 N–H and O–H groups in total. The SMILES string of the molecule is CC[C@H](/C=C/[C@@H](C)[C@H]1CCC2C3CC=C4C[C@@H](OC(=O)NCCCOP(=O)(O)OCC[N+](C)(C)C)CC[C@]4(C)C3CC[C@@]21C)C(C)C.[OH-]. The number of allylic oxidation sites excluding steroid dienone is 3. The van der Waals surface area contributed by atoms with Crippen LogP contribution in [0.4, 0.5) is 4.79 Å². The summed E-state index contributed by atoms with van der Waals surface area (Å²) in [5.74, 6) is 5.10. The van der Waals surface area contributed by atoms with Crippen LogP contribution in [0, 0.1) is 52.3 Å². The molecule has 0 spiro atoms.